The first-order valence-corrected chi connectivity index (χ1v) is 5.33. The maximum absolute atomic E-state index is 13.4. The summed E-state index contributed by atoms with van der Waals surface area (Å²) >= 11 is 1.95. The van der Waals surface area contributed by atoms with Crippen LogP contribution in [0, 0.1) is 9.52 Å². The second-order valence-electron chi connectivity index (χ2n) is 3.07. The van der Waals surface area contributed by atoms with Crippen molar-refractivity contribution in [2.24, 2.45) is 0 Å². The summed E-state index contributed by atoms with van der Waals surface area (Å²) in [5.74, 6) is -0.215. The highest BCUT2D eigenvalue weighted by Gasteiger charge is 2.20. The molecule has 0 aromatic carbocycles. The minimum Gasteiger partial charge on any atom is -0.381 e. The number of hydrogen-bond donors (Lipinski definition) is 0. The molecule has 1 saturated heterocycles. The number of rotatable bonds is 1. The van der Waals surface area contributed by atoms with Crippen molar-refractivity contribution in [3.63, 3.8) is 0 Å². The molecule has 3 nitrogen and oxygen atoms in total. The van der Waals surface area contributed by atoms with Gasteiger partial charge in [-0.1, -0.05) is 0 Å². The van der Waals surface area contributed by atoms with Crippen LogP contribution in [0.5, 0.6) is 0 Å². The Balaban J connectivity index is 2.18. The van der Waals surface area contributed by atoms with E-state index in [-0.39, 0.29) is 12.0 Å². The van der Waals surface area contributed by atoms with Gasteiger partial charge in [-0.2, -0.15) is 9.49 Å². The molecule has 1 aromatic rings. The molecular weight excluding hydrogens is 286 g/mol. The molecular formula is C8H10FIN2O. The van der Waals surface area contributed by atoms with Crippen LogP contribution < -0.4 is 0 Å². The Morgan fingerprint density at radius 3 is 2.77 bits per heavy atom. The lowest BCUT2D eigenvalue weighted by Crippen LogP contribution is -2.21. The third-order valence-electron chi connectivity index (χ3n) is 2.23. The summed E-state index contributed by atoms with van der Waals surface area (Å²) in [6.07, 6.45) is 3.27. The molecule has 2 heterocycles. The lowest BCUT2D eigenvalue weighted by atomic mass is 10.1. The average molecular weight is 296 g/mol. The average Bonchev–Trinajstić information content (AvgIpc) is 2.49. The lowest BCUT2D eigenvalue weighted by Gasteiger charge is -2.22. The highest BCUT2D eigenvalue weighted by Crippen LogP contribution is 2.22. The van der Waals surface area contributed by atoms with E-state index in [1.54, 1.807) is 6.20 Å². The fourth-order valence-electron chi connectivity index (χ4n) is 1.51. The first kappa shape index (κ1) is 9.39. The maximum atomic E-state index is 13.4. The molecule has 0 amide bonds. The van der Waals surface area contributed by atoms with E-state index in [0.29, 0.717) is 16.8 Å². The summed E-state index contributed by atoms with van der Waals surface area (Å²) in [5.41, 5.74) is 0. The number of hydrogen-bond acceptors (Lipinski definition) is 2. The van der Waals surface area contributed by atoms with Gasteiger partial charge in [0.15, 0.2) is 0 Å². The molecule has 0 aliphatic carbocycles. The van der Waals surface area contributed by atoms with E-state index in [2.05, 4.69) is 5.10 Å². The van der Waals surface area contributed by atoms with Gasteiger partial charge in [0.25, 0.3) is 0 Å². The van der Waals surface area contributed by atoms with Gasteiger partial charge in [-0.25, -0.2) is 4.68 Å². The highest BCUT2D eigenvalue weighted by atomic mass is 127. The molecule has 13 heavy (non-hydrogen) atoms. The summed E-state index contributed by atoms with van der Waals surface area (Å²) < 4.78 is 20.7. The summed E-state index contributed by atoms with van der Waals surface area (Å²) in [5, 5.41) is 4.02. The van der Waals surface area contributed by atoms with Crippen LogP contribution in [0.2, 0.25) is 0 Å². The monoisotopic (exact) mass is 296 g/mol. The van der Waals surface area contributed by atoms with Crippen LogP contribution in [-0.4, -0.2) is 23.0 Å². The van der Waals surface area contributed by atoms with Crippen LogP contribution in [0.25, 0.3) is 0 Å². The van der Waals surface area contributed by atoms with Crippen molar-refractivity contribution in [1.82, 2.24) is 9.78 Å². The minimum atomic E-state index is -0.215. The third kappa shape index (κ3) is 1.85. The summed E-state index contributed by atoms with van der Waals surface area (Å²) in [4.78, 5) is 0. The molecule has 0 N–H and O–H groups in total. The van der Waals surface area contributed by atoms with Crippen LogP contribution in [0.4, 0.5) is 4.39 Å². The first-order valence-electron chi connectivity index (χ1n) is 4.25. The van der Waals surface area contributed by atoms with E-state index < -0.39 is 0 Å². The second kappa shape index (κ2) is 3.91. The van der Waals surface area contributed by atoms with Gasteiger partial charge in [0.1, 0.15) is 0 Å². The number of aromatic nitrogens is 2. The molecule has 5 heteroatoms. The second-order valence-corrected chi connectivity index (χ2v) is 4.23. The van der Waals surface area contributed by atoms with Gasteiger partial charge < -0.3 is 4.74 Å². The van der Waals surface area contributed by atoms with Crippen LogP contribution in [0.3, 0.4) is 0 Å². The van der Waals surface area contributed by atoms with Gasteiger partial charge in [-0.15, -0.1) is 0 Å². The largest absolute Gasteiger partial charge is 0.381 e. The summed E-state index contributed by atoms with van der Waals surface area (Å²) in [7, 11) is 0. The smallest absolute Gasteiger partial charge is 0.225 e. The summed E-state index contributed by atoms with van der Waals surface area (Å²) in [6, 6.07) is 0.178. The molecule has 1 aliphatic rings. The number of ether oxygens (including phenoxy) is 1. The topological polar surface area (TPSA) is 27.1 Å². The van der Waals surface area contributed by atoms with E-state index in [4.69, 9.17) is 4.74 Å². The zero-order valence-electron chi connectivity index (χ0n) is 7.04. The van der Waals surface area contributed by atoms with Crippen LogP contribution in [0.15, 0.2) is 6.20 Å². The quantitative estimate of drug-likeness (QED) is 0.741. The maximum Gasteiger partial charge on any atom is 0.225 e. The highest BCUT2D eigenvalue weighted by molar-refractivity contribution is 14.1. The van der Waals surface area contributed by atoms with Gasteiger partial charge in [-0.3, -0.25) is 0 Å². The molecule has 2 rings (SSSR count). The molecule has 0 atom stereocenters. The molecule has 0 spiro atoms. The summed E-state index contributed by atoms with van der Waals surface area (Å²) in [6.45, 7) is 1.42. The number of halogens is 2. The Bertz CT molecular complexity index is 296. The van der Waals surface area contributed by atoms with Gasteiger partial charge in [0.2, 0.25) is 5.95 Å². The molecule has 0 unspecified atom stereocenters. The van der Waals surface area contributed by atoms with E-state index in [1.165, 1.54) is 4.68 Å². The Hall–Kier alpha value is -0.170. The van der Waals surface area contributed by atoms with E-state index in [0.717, 1.165) is 12.8 Å². The predicted molar refractivity (Wildman–Crippen MR) is 54.0 cm³/mol. The Labute approximate surface area is 89.4 Å². The van der Waals surface area contributed by atoms with Crippen LogP contribution in [-0.2, 0) is 4.74 Å². The normalized spacial score (nSPS) is 19.2. The molecule has 1 aromatic heterocycles. The van der Waals surface area contributed by atoms with Gasteiger partial charge in [0, 0.05) is 13.2 Å². The molecule has 1 aliphatic heterocycles. The Morgan fingerprint density at radius 1 is 1.54 bits per heavy atom. The van der Waals surface area contributed by atoms with E-state index in [1.807, 2.05) is 22.6 Å². The Morgan fingerprint density at radius 2 is 2.23 bits per heavy atom. The van der Waals surface area contributed by atoms with Crippen molar-refractivity contribution < 1.29 is 9.13 Å². The van der Waals surface area contributed by atoms with Gasteiger partial charge in [0.05, 0.1) is 15.8 Å². The molecule has 0 radical (unpaired) electrons. The van der Waals surface area contributed by atoms with Crippen molar-refractivity contribution in [1.29, 1.82) is 0 Å². The fraction of sp³-hybridized carbons (Fsp3) is 0.625. The molecule has 1 fully saturated rings. The fourth-order valence-corrected chi connectivity index (χ4v) is 1.88. The zero-order valence-corrected chi connectivity index (χ0v) is 9.20. The van der Waals surface area contributed by atoms with Crippen molar-refractivity contribution >= 4 is 22.6 Å². The Kier molecular flexibility index (Phi) is 2.83. The standard InChI is InChI=1S/C8H10FIN2O/c9-8-7(10)5-11-12(8)6-1-3-13-4-2-6/h5-6H,1-4H2. The van der Waals surface area contributed by atoms with E-state index >= 15 is 0 Å². The van der Waals surface area contributed by atoms with E-state index in [9.17, 15) is 4.39 Å². The van der Waals surface area contributed by atoms with Crippen molar-refractivity contribution in [3.05, 3.63) is 15.7 Å². The number of nitrogens with zero attached hydrogens (tertiary/aromatic N) is 2. The SMILES string of the molecule is Fc1c(I)cnn1C1CCOCC1. The molecule has 0 saturated carbocycles. The van der Waals surface area contributed by atoms with Crippen LogP contribution >= 0.6 is 22.6 Å². The predicted octanol–water partition coefficient (Wildman–Crippen LogP) is 1.98. The van der Waals surface area contributed by atoms with Gasteiger partial charge >= 0.3 is 0 Å². The van der Waals surface area contributed by atoms with Crippen molar-refractivity contribution in [2.45, 2.75) is 18.9 Å². The van der Waals surface area contributed by atoms with Crippen molar-refractivity contribution in [3.8, 4) is 0 Å². The van der Waals surface area contributed by atoms with Crippen LogP contribution in [0.1, 0.15) is 18.9 Å². The third-order valence-corrected chi connectivity index (χ3v) is 2.95. The first-order chi connectivity index (χ1) is 6.29. The van der Waals surface area contributed by atoms with Crippen molar-refractivity contribution in [2.75, 3.05) is 13.2 Å². The lowest BCUT2D eigenvalue weighted by molar-refractivity contribution is 0.0627. The molecule has 0 bridgehead atoms. The zero-order chi connectivity index (χ0) is 9.26. The van der Waals surface area contributed by atoms with Gasteiger partial charge in [-0.05, 0) is 35.4 Å². The molecule has 72 valence electrons. The minimum absolute atomic E-state index is 0.178.